The van der Waals surface area contributed by atoms with Gasteiger partial charge in [0.05, 0.1) is 0 Å². The molecule has 0 bridgehead atoms. The molecule has 0 rings (SSSR count). The van der Waals surface area contributed by atoms with E-state index in [2.05, 4.69) is 5.32 Å². The van der Waals surface area contributed by atoms with Crippen LogP contribution in [0.5, 0.6) is 0 Å². The molecule has 9 heteroatoms. The molecule has 2 atom stereocenters. The second-order valence-electron chi connectivity index (χ2n) is 7.14. The molecule has 134 valence electrons. The van der Waals surface area contributed by atoms with Crippen LogP contribution in [-0.2, 0) is 14.3 Å². The Bertz CT molecular complexity index is 437. The van der Waals surface area contributed by atoms with E-state index in [1.54, 1.807) is 41.5 Å². The van der Waals surface area contributed by atoms with Crippen LogP contribution in [0.2, 0.25) is 0 Å². The van der Waals surface area contributed by atoms with E-state index in [-0.39, 0.29) is 6.42 Å². The van der Waals surface area contributed by atoms with E-state index < -0.39 is 46.9 Å². The lowest BCUT2D eigenvalue weighted by Crippen LogP contribution is -2.48. The predicted molar refractivity (Wildman–Crippen MR) is 81.5 cm³/mol. The Morgan fingerprint density at radius 3 is 2.00 bits per heavy atom. The Balaban J connectivity index is 4.95. The average Bonchev–Trinajstić information content (AvgIpc) is 2.21. The van der Waals surface area contributed by atoms with Gasteiger partial charge in [0.2, 0.25) is 6.54 Å². The molecule has 0 aliphatic heterocycles. The lowest BCUT2D eigenvalue weighted by molar-refractivity contribution is -0.490. The number of aliphatic hydroxyl groups excluding tert-OH is 1. The standard InChI is InChI=1S/C14H26N2O7/c1-13(2,3)22-11(18)10(7-9(17)8-16(20)21)15-12(19)23-14(4,5)6/h9-10,17H,7-8H2,1-6H3,(H,15,19)/t9?,10-/m0/s1. The van der Waals surface area contributed by atoms with E-state index in [0.29, 0.717) is 0 Å². The van der Waals surface area contributed by atoms with E-state index in [0.717, 1.165) is 0 Å². The summed E-state index contributed by atoms with van der Waals surface area (Å²) < 4.78 is 10.2. The van der Waals surface area contributed by atoms with Crippen molar-refractivity contribution in [2.24, 2.45) is 0 Å². The van der Waals surface area contributed by atoms with Gasteiger partial charge in [-0.2, -0.15) is 0 Å². The van der Waals surface area contributed by atoms with Crippen molar-refractivity contribution in [3.63, 3.8) is 0 Å². The van der Waals surface area contributed by atoms with Crippen molar-refractivity contribution in [2.45, 2.75) is 71.3 Å². The van der Waals surface area contributed by atoms with E-state index >= 15 is 0 Å². The van der Waals surface area contributed by atoms with Crippen LogP contribution in [0.4, 0.5) is 4.79 Å². The number of hydrogen-bond acceptors (Lipinski definition) is 7. The highest BCUT2D eigenvalue weighted by atomic mass is 16.6. The van der Waals surface area contributed by atoms with Gasteiger partial charge in [-0.1, -0.05) is 0 Å². The van der Waals surface area contributed by atoms with Gasteiger partial charge in [-0.25, -0.2) is 9.59 Å². The van der Waals surface area contributed by atoms with Crippen LogP contribution in [0.15, 0.2) is 0 Å². The number of amides is 1. The lowest BCUT2D eigenvalue weighted by atomic mass is 10.1. The average molecular weight is 334 g/mol. The van der Waals surface area contributed by atoms with Gasteiger partial charge in [-0.05, 0) is 41.5 Å². The summed E-state index contributed by atoms with van der Waals surface area (Å²) in [5, 5.41) is 22.3. The molecule has 0 aromatic rings. The molecule has 1 amide bonds. The number of alkyl carbamates (subject to hydrolysis) is 1. The van der Waals surface area contributed by atoms with Crippen molar-refractivity contribution in [3.8, 4) is 0 Å². The number of carbonyl (C=O) groups is 2. The summed E-state index contributed by atoms with van der Waals surface area (Å²) in [7, 11) is 0. The largest absolute Gasteiger partial charge is 0.458 e. The van der Waals surface area contributed by atoms with E-state index in [9.17, 15) is 24.8 Å². The van der Waals surface area contributed by atoms with Crippen LogP contribution in [0, 0.1) is 10.1 Å². The van der Waals surface area contributed by atoms with Crippen LogP contribution in [0.25, 0.3) is 0 Å². The van der Waals surface area contributed by atoms with E-state index in [1.807, 2.05) is 0 Å². The minimum atomic E-state index is -1.41. The monoisotopic (exact) mass is 334 g/mol. The molecule has 23 heavy (non-hydrogen) atoms. The van der Waals surface area contributed by atoms with Crippen molar-refractivity contribution in [2.75, 3.05) is 6.54 Å². The summed E-state index contributed by atoms with van der Waals surface area (Å²) in [5.74, 6) is -0.800. The SMILES string of the molecule is CC(C)(C)OC(=O)N[C@@H](CC(O)C[N+](=O)[O-])C(=O)OC(C)(C)C. The third-order valence-corrected chi connectivity index (χ3v) is 2.25. The molecule has 0 aromatic heterocycles. The van der Waals surface area contributed by atoms with Crippen LogP contribution in [-0.4, -0.2) is 52.0 Å². The molecule has 0 aliphatic carbocycles. The molecule has 0 heterocycles. The summed E-state index contributed by atoms with van der Waals surface area (Å²) >= 11 is 0. The summed E-state index contributed by atoms with van der Waals surface area (Å²) in [4.78, 5) is 33.6. The summed E-state index contributed by atoms with van der Waals surface area (Å²) in [5.41, 5.74) is -1.58. The van der Waals surface area contributed by atoms with Crippen molar-refractivity contribution in [1.82, 2.24) is 5.32 Å². The quantitative estimate of drug-likeness (QED) is 0.425. The fourth-order valence-corrected chi connectivity index (χ4v) is 1.56. The molecule has 0 fully saturated rings. The summed E-state index contributed by atoms with van der Waals surface area (Å²) in [6, 6.07) is -1.25. The highest BCUT2D eigenvalue weighted by Gasteiger charge is 2.31. The first-order valence-electron chi connectivity index (χ1n) is 7.22. The van der Waals surface area contributed by atoms with Crippen LogP contribution in [0.3, 0.4) is 0 Å². The minimum absolute atomic E-state index is 0.352. The molecule has 0 aromatic carbocycles. The number of nitrogens with one attached hydrogen (secondary N) is 1. The van der Waals surface area contributed by atoms with E-state index in [1.165, 1.54) is 0 Å². The minimum Gasteiger partial charge on any atom is -0.458 e. The highest BCUT2D eigenvalue weighted by Crippen LogP contribution is 2.12. The van der Waals surface area contributed by atoms with Crippen molar-refractivity contribution >= 4 is 12.1 Å². The number of aliphatic hydroxyl groups is 1. The Morgan fingerprint density at radius 1 is 1.13 bits per heavy atom. The van der Waals surface area contributed by atoms with Crippen molar-refractivity contribution in [3.05, 3.63) is 10.1 Å². The first kappa shape index (κ1) is 21.1. The third-order valence-electron chi connectivity index (χ3n) is 2.25. The molecule has 1 unspecified atom stereocenters. The number of nitro groups is 1. The van der Waals surface area contributed by atoms with Gasteiger partial charge >= 0.3 is 12.1 Å². The van der Waals surface area contributed by atoms with Gasteiger partial charge in [0.15, 0.2) is 0 Å². The van der Waals surface area contributed by atoms with Crippen molar-refractivity contribution < 1.29 is 29.1 Å². The number of carbonyl (C=O) groups excluding carboxylic acids is 2. The molecule has 0 spiro atoms. The second kappa shape index (κ2) is 8.09. The predicted octanol–water partition coefficient (Wildman–Crippen LogP) is 1.25. The highest BCUT2D eigenvalue weighted by molar-refractivity contribution is 5.81. The van der Waals surface area contributed by atoms with E-state index in [4.69, 9.17) is 9.47 Å². The van der Waals surface area contributed by atoms with Crippen LogP contribution >= 0.6 is 0 Å². The van der Waals surface area contributed by atoms with Gasteiger partial charge in [-0.15, -0.1) is 0 Å². The van der Waals surface area contributed by atoms with Gasteiger partial charge < -0.3 is 19.9 Å². The van der Waals surface area contributed by atoms with Crippen molar-refractivity contribution in [1.29, 1.82) is 0 Å². The van der Waals surface area contributed by atoms with Gasteiger partial charge in [-0.3, -0.25) is 10.1 Å². The maximum Gasteiger partial charge on any atom is 0.408 e. The molecule has 0 saturated carbocycles. The Hall–Kier alpha value is -1.90. The maximum absolute atomic E-state index is 12.1. The van der Waals surface area contributed by atoms with Gasteiger partial charge in [0.25, 0.3) is 0 Å². The number of ether oxygens (including phenoxy) is 2. The Kier molecular flexibility index (Phi) is 7.42. The van der Waals surface area contributed by atoms with Crippen LogP contribution in [0.1, 0.15) is 48.0 Å². The maximum atomic E-state index is 12.1. The number of esters is 1. The zero-order valence-electron chi connectivity index (χ0n) is 14.4. The number of hydrogen-bond donors (Lipinski definition) is 2. The third kappa shape index (κ3) is 11.3. The summed E-state index contributed by atoms with van der Waals surface area (Å²) in [6.07, 6.45) is -2.63. The number of rotatable bonds is 6. The van der Waals surface area contributed by atoms with Gasteiger partial charge in [0, 0.05) is 11.3 Å². The fourth-order valence-electron chi connectivity index (χ4n) is 1.56. The number of nitrogens with zero attached hydrogens (tertiary/aromatic N) is 1. The molecule has 2 N–H and O–H groups in total. The normalized spacial score (nSPS) is 14.6. The Morgan fingerprint density at radius 2 is 1.61 bits per heavy atom. The topological polar surface area (TPSA) is 128 Å². The van der Waals surface area contributed by atoms with Crippen LogP contribution < -0.4 is 5.32 Å². The first-order chi connectivity index (χ1) is 10.2. The second-order valence-corrected chi connectivity index (χ2v) is 7.14. The van der Waals surface area contributed by atoms with Gasteiger partial charge in [0.1, 0.15) is 23.3 Å². The first-order valence-corrected chi connectivity index (χ1v) is 7.22. The molecular weight excluding hydrogens is 308 g/mol. The molecule has 0 saturated heterocycles. The molecule has 0 aliphatic rings. The zero-order valence-corrected chi connectivity index (χ0v) is 14.4. The smallest absolute Gasteiger partial charge is 0.408 e. The Labute approximate surface area is 135 Å². The molecule has 9 nitrogen and oxygen atoms in total. The lowest BCUT2D eigenvalue weighted by Gasteiger charge is -2.26. The molecule has 0 radical (unpaired) electrons. The summed E-state index contributed by atoms with van der Waals surface area (Å²) in [6.45, 7) is 9.13. The zero-order chi connectivity index (χ0) is 18.4. The molecular formula is C14H26N2O7. The fraction of sp³-hybridized carbons (Fsp3) is 0.857.